The fraction of sp³-hybridized carbons (Fsp3) is 0.387. The van der Waals surface area contributed by atoms with Gasteiger partial charge in [0.15, 0.2) is 0 Å². The maximum atomic E-state index is 14.3. The van der Waals surface area contributed by atoms with E-state index in [9.17, 15) is 4.79 Å². The lowest BCUT2D eigenvalue weighted by Gasteiger charge is -2.36. The van der Waals surface area contributed by atoms with Gasteiger partial charge in [0.2, 0.25) is 5.91 Å². The van der Waals surface area contributed by atoms with E-state index < -0.39 is 5.41 Å². The summed E-state index contributed by atoms with van der Waals surface area (Å²) in [5.41, 5.74) is 4.12. The molecular formula is C31H36N2O2. The van der Waals surface area contributed by atoms with E-state index in [1.807, 2.05) is 17.0 Å². The molecule has 1 fully saturated rings. The van der Waals surface area contributed by atoms with Crippen LogP contribution >= 0.6 is 0 Å². The second-order valence-corrected chi connectivity index (χ2v) is 9.87. The number of likely N-dealkylation sites (tertiary alicyclic amines) is 1. The molecule has 2 aliphatic rings. The highest BCUT2D eigenvalue weighted by molar-refractivity contribution is 6.10. The molecule has 3 aromatic rings. The summed E-state index contributed by atoms with van der Waals surface area (Å²) >= 11 is 0. The van der Waals surface area contributed by atoms with Gasteiger partial charge in [-0.1, -0.05) is 78.9 Å². The lowest BCUT2D eigenvalue weighted by atomic mass is 9.72. The van der Waals surface area contributed by atoms with Crippen LogP contribution in [0.3, 0.4) is 0 Å². The predicted octanol–water partition coefficient (Wildman–Crippen LogP) is 5.63. The first-order valence-corrected chi connectivity index (χ1v) is 13.0. The van der Waals surface area contributed by atoms with Crippen LogP contribution in [-0.4, -0.2) is 50.7 Å². The molecule has 1 saturated heterocycles. The standard InChI is InChI=1S/C31H36N2O2/c1-35-24-10-20-33-29-16-9-8-15-28(29)31(30(33)34,27-13-6-3-7-14-27)19-23-32-21-17-26(18-22-32)25-11-4-2-5-12-25/h2-9,11-16,26H,10,17-24H2,1H3. The SMILES string of the molecule is COCCCN1C(=O)C(CCN2CCC(c3ccccc3)CC2)(c2ccccc2)c2ccccc21. The minimum Gasteiger partial charge on any atom is -0.385 e. The van der Waals surface area contributed by atoms with Crippen LogP contribution in [0.2, 0.25) is 0 Å². The number of hydrogen-bond acceptors (Lipinski definition) is 3. The summed E-state index contributed by atoms with van der Waals surface area (Å²) < 4.78 is 5.28. The van der Waals surface area contributed by atoms with Crippen molar-refractivity contribution in [2.24, 2.45) is 0 Å². The molecule has 3 aromatic carbocycles. The number of carbonyl (C=O) groups is 1. The van der Waals surface area contributed by atoms with E-state index in [1.165, 1.54) is 18.4 Å². The first kappa shape index (κ1) is 23.8. The van der Waals surface area contributed by atoms with E-state index in [0.29, 0.717) is 19.1 Å². The van der Waals surface area contributed by atoms with Gasteiger partial charge in [0.1, 0.15) is 5.41 Å². The molecule has 5 rings (SSSR count). The van der Waals surface area contributed by atoms with Crippen LogP contribution in [0.5, 0.6) is 0 Å². The highest BCUT2D eigenvalue weighted by atomic mass is 16.5. The van der Waals surface area contributed by atoms with E-state index in [-0.39, 0.29) is 5.91 Å². The third-order valence-electron chi connectivity index (χ3n) is 7.92. The largest absolute Gasteiger partial charge is 0.385 e. The van der Waals surface area contributed by atoms with E-state index in [0.717, 1.165) is 49.3 Å². The average Bonchev–Trinajstić information content (AvgIpc) is 3.17. The van der Waals surface area contributed by atoms with Crippen LogP contribution in [0.15, 0.2) is 84.9 Å². The van der Waals surface area contributed by atoms with Gasteiger partial charge in [-0.15, -0.1) is 0 Å². The van der Waals surface area contributed by atoms with Gasteiger partial charge in [0.25, 0.3) is 0 Å². The maximum absolute atomic E-state index is 14.3. The van der Waals surface area contributed by atoms with Crippen LogP contribution in [0.25, 0.3) is 0 Å². The quantitative estimate of drug-likeness (QED) is 0.382. The Balaban J connectivity index is 1.38. The number of nitrogens with zero attached hydrogens (tertiary/aromatic N) is 2. The number of methoxy groups -OCH3 is 1. The first-order valence-electron chi connectivity index (χ1n) is 13.0. The molecule has 2 heterocycles. The topological polar surface area (TPSA) is 32.8 Å². The van der Waals surface area contributed by atoms with Gasteiger partial charge in [-0.2, -0.15) is 0 Å². The molecule has 0 spiro atoms. The smallest absolute Gasteiger partial charge is 0.242 e. The predicted molar refractivity (Wildman–Crippen MR) is 142 cm³/mol. The number of hydrogen-bond donors (Lipinski definition) is 0. The summed E-state index contributed by atoms with van der Waals surface area (Å²) in [7, 11) is 1.72. The average molecular weight is 469 g/mol. The molecule has 4 nitrogen and oxygen atoms in total. The molecule has 1 unspecified atom stereocenters. The molecule has 1 atom stereocenters. The number of carbonyl (C=O) groups excluding carboxylic acids is 1. The molecule has 35 heavy (non-hydrogen) atoms. The van der Waals surface area contributed by atoms with Crippen molar-refractivity contribution in [2.45, 2.75) is 37.0 Å². The normalized spacial score (nSPS) is 20.8. The third kappa shape index (κ3) is 4.65. The minimum absolute atomic E-state index is 0.208. The van der Waals surface area contributed by atoms with Crippen LogP contribution in [0.1, 0.15) is 48.3 Å². The number of para-hydroxylation sites is 1. The second kappa shape index (κ2) is 10.8. The highest BCUT2D eigenvalue weighted by Crippen LogP contribution is 2.48. The number of fused-ring (bicyclic) bond motifs is 1. The van der Waals surface area contributed by atoms with Crippen LogP contribution in [-0.2, 0) is 14.9 Å². The van der Waals surface area contributed by atoms with Crippen molar-refractivity contribution in [3.63, 3.8) is 0 Å². The van der Waals surface area contributed by atoms with Gasteiger partial charge in [0, 0.05) is 25.9 Å². The Bertz CT molecular complexity index is 1110. The van der Waals surface area contributed by atoms with E-state index in [1.54, 1.807) is 7.11 Å². The van der Waals surface area contributed by atoms with E-state index in [4.69, 9.17) is 4.74 Å². The zero-order chi connectivity index (χ0) is 24.1. The summed E-state index contributed by atoms with van der Waals surface area (Å²) in [6, 6.07) is 29.7. The van der Waals surface area contributed by atoms with Crippen molar-refractivity contribution in [1.29, 1.82) is 0 Å². The molecule has 0 bridgehead atoms. The number of piperidine rings is 1. The zero-order valence-electron chi connectivity index (χ0n) is 20.7. The Kier molecular flexibility index (Phi) is 7.31. The molecule has 0 saturated carbocycles. The molecule has 2 aliphatic heterocycles. The van der Waals surface area contributed by atoms with E-state index in [2.05, 4.69) is 77.7 Å². The number of amides is 1. The van der Waals surface area contributed by atoms with E-state index >= 15 is 0 Å². The Hall–Kier alpha value is -2.95. The monoisotopic (exact) mass is 468 g/mol. The Morgan fingerprint density at radius 2 is 1.51 bits per heavy atom. The van der Waals surface area contributed by atoms with Crippen molar-refractivity contribution in [3.05, 3.63) is 102 Å². The van der Waals surface area contributed by atoms with Crippen molar-refractivity contribution in [3.8, 4) is 0 Å². The lowest BCUT2D eigenvalue weighted by molar-refractivity contribution is -0.122. The Morgan fingerprint density at radius 3 is 2.23 bits per heavy atom. The summed E-state index contributed by atoms with van der Waals surface area (Å²) in [5.74, 6) is 0.848. The van der Waals surface area contributed by atoms with Crippen LogP contribution in [0, 0.1) is 0 Å². The maximum Gasteiger partial charge on any atom is 0.242 e. The second-order valence-electron chi connectivity index (χ2n) is 9.87. The van der Waals surface area contributed by atoms with Crippen LogP contribution in [0.4, 0.5) is 5.69 Å². The molecule has 1 amide bonds. The number of rotatable bonds is 9. The number of anilines is 1. The van der Waals surface area contributed by atoms with Gasteiger partial charge in [-0.3, -0.25) is 4.79 Å². The molecule has 182 valence electrons. The number of ether oxygens (including phenoxy) is 1. The van der Waals surface area contributed by atoms with Gasteiger partial charge < -0.3 is 14.5 Å². The lowest BCUT2D eigenvalue weighted by Crippen LogP contribution is -2.45. The minimum atomic E-state index is -0.638. The first-order chi connectivity index (χ1) is 17.2. The van der Waals surface area contributed by atoms with Crippen molar-refractivity contribution >= 4 is 11.6 Å². The molecular weight excluding hydrogens is 432 g/mol. The molecule has 4 heteroatoms. The summed E-state index contributed by atoms with van der Waals surface area (Å²) in [4.78, 5) is 18.8. The van der Waals surface area contributed by atoms with Crippen LogP contribution < -0.4 is 4.90 Å². The summed E-state index contributed by atoms with van der Waals surface area (Å²) in [6.45, 7) is 4.42. The van der Waals surface area contributed by atoms with Gasteiger partial charge in [-0.25, -0.2) is 0 Å². The highest BCUT2D eigenvalue weighted by Gasteiger charge is 2.51. The van der Waals surface area contributed by atoms with Gasteiger partial charge in [-0.05, 0) is 74.0 Å². The zero-order valence-corrected chi connectivity index (χ0v) is 20.7. The molecule has 0 radical (unpaired) electrons. The van der Waals surface area contributed by atoms with Crippen molar-refractivity contribution in [1.82, 2.24) is 4.90 Å². The van der Waals surface area contributed by atoms with Crippen molar-refractivity contribution < 1.29 is 9.53 Å². The molecule has 0 N–H and O–H groups in total. The Labute approximate surface area is 209 Å². The summed E-state index contributed by atoms with van der Waals surface area (Å²) in [6.07, 6.45) is 3.98. The van der Waals surface area contributed by atoms with Gasteiger partial charge in [0.05, 0.1) is 0 Å². The molecule has 0 aromatic heterocycles. The fourth-order valence-corrected chi connectivity index (χ4v) is 6.04. The third-order valence-corrected chi connectivity index (χ3v) is 7.92. The van der Waals surface area contributed by atoms with Crippen molar-refractivity contribution in [2.75, 3.05) is 44.8 Å². The fourth-order valence-electron chi connectivity index (χ4n) is 6.04. The summed E-state index contributed by atoms with van der Waals surface area (Å²) in [5, 5.41) is 0. The Morgan fingerprint density at radius 1 is 0.857 bits per heavy atom. The molecule has 0 aliphatic carbocycles. The van der Waals surface area contributed by atoms with Gasteiger partial charge >= 0.3 is 0 Å². The number of benzene rings is 3.